The zero-order valence-corrected chi connectivity index (χ0v) is 10.4. The van der Waals surface area contributed by atoms with E-state index in [1.807, 2.05) is 55.1 Å². The van der Waals surface area contributed by atoms with Gasteiger partial charge in [0.05, 0.1) is 6.07 Å². The number of aryl methyl sites for hydroxylation is 2. The number of nitrogens with zero attached hydrogens (tertiary/aromatic N) is 2. The Morgan fingerprint density at radius 3 is 2.56 bits per heavy atom. The highest BCUT2D eigenvalue weighted by atomic mass is 16.5. The second-order valence-corrected chi connectivity index (χ2v) is 4.06. The lowest BCUT2D eigenvalue weighted by atomic mass is 10.2. The van der Waals surface area contributed by atoms with Crippen LogP contribution in [0.25, 0.3) is 0 Å². The predicted octanol–water partition coefficient (Wildman–Crippen LogP) is 2.42. The van der Waals surface area contributed by atoms with Crippen molar-refractivity contribution < 1.29 is 14.5 Å². The summed E-state index contributed by atoms with van der Waals surface area (Å²) in [5.74, 6) is 1.48. The minimum absolute atomic E-state index is 0.701. The number of pyridine rings is 1. The molecule has 0 aliphatic rings. The van der Waals surface area contributed by atoms with Crippen molar-refractivity contribution in [3.63, 3.8) is 0 Å². The first kappa shape index (κ1) is 12.1. The van der Waals surface area contributed by atoms with Gasteiger partial charge in [0.25, 0.3) is 0 Å². The molecule has 0 amide bonds. The third-order valence-electron chi connectivity index (χ3n) is 2.61. The molecule has 0 aliphatic carbocycles. The van der Waals surface area contributed by atoms with Crippen LogP contribution in [0.4, 0.5) is 0 Å². The van der Waals surface area contributed by atoms with Crippen molar-refractivity contribution in [2.75, 3.05) is 0 Å². The van der Waals surface area contributed by atoms with Gasteiger partial charge in [-0.2, -0.15) is 4.57 Å². The van der Waals surface area contributed by atoms with Gasteiger partial charge in [0, 0.05) is 6.07 Å². The fraction of sp³-hybridized carbons (Fsp3) is 0.143. The number of hydrogen-bond acceptors (Lipinski definition) is 3. The minimum Gasteiger partial charge on any atom is -0.457 e. The molecule has 0 saturated carbocycles. The molecule has 18 heavy (non-hydrogen) atoms. The second kappa shape index (κ2) is 5.31. The van der Waals surface area contributed by atoms with Crippen LogP contribution in [0.1, 0.15) is 11.3 Å². The van der Waals surface area contributed by atoms with E-state index in [9.17, 15) is 0 Å². The summed E-state index contributed by atoms with van der Waals surface area (Å²) in [6, 6.07) is 11.5. The molecule has 0 aliphatic heterocycles. The van der Waals surface area contributed by atoms with Crippen LogP contribution in [0, 0.1) is 6.92 Å². The Balaban J connectivity index is 2.24. The van der Waals surface area contributed by atoms with Crippen LogP contribution in [0.3, 0.4) is 0 Å². The summed E-state index contributed by atoms with van der Waals surface area (Å²) in [4.78, 5) is 0. The van der Waals surface area contributed by atoms with E-state index in [-0.39, 0.29) is 0 Å². The fourth-order valence-electron chi connectivity index (χ4n) is 1.56. The molecule has 2 rings (SSSR count). The smallest absolute Gasteiger partial charge is 0.230 e. The van der Waals surface area contributed by atoms with Crippen LogP contribution in [-0.2, 0) is 7.05 Å². The fourth-order valence-corrected chi connectivity index (χ4v) is 1.56. The molecule has 1 aromatic carbocycles. The summed E-state index contributed by atoms with van der Waals surface area (Å²) in [5, 5.41) is 11.6. The van der Waals surface area contributed by atoms with Crippen LogP contribution in [0.5, 0.6) is 11.5 Å². The molecule has 0 radical (unpaired) electrons. The average molecular weight is 243 g/mol. The topological polar surface area (TPSA) is 45.7 Å². The molecule has 0 saturated heterocycles. The average Bonchev–Trinajstić information content (AvgIpc) is 2.37. The summed E-state index contributed by atoms with van der Waals surface area (Å²) in [6.45, 7) is 2.03. The van der Waals surface area contributed by atoms with E-state index in [0.717, 1.165) is 11.4 Å². The van der Waals surface area contributed by atoms with Crippen molar-refractivity contribution in [1.29, 1.82) is 0 Å². The molecule has 1 aromatic heterocycles. The summed E-state index contributed by atoms with van der Waals surface area (Å²) >= 11 is 0. The van der Waals surface area contributed by atoms with Crippen LogP contribution >= 0.6 is 0 Å². The highest BCUT2D eigenvalue weighted by Crippen LogP contribution is 2.20. The summed E-state index contributed by atoms with van der Waals surface area (Å²) in [6.07, 6.45) is 3.21. The van der Waals surface area contributed by atoms with E-state index < -0.39 is 0 Å². The molecule has 4 nitrogen and oxygen atoms in total. The molecule has 0 fully saturated rings. The SMILES string of the molecule is Cc1ccc(Oc2cc[n+](C)c(/C=N/O)c2)cc1. The first-order chi connectivity index (χ1) is 8.69. The predicted molar refractivity (Wildman–Crippen MR) is 68.3 cm³/mol. The van der Waals surface area contributed by atoms with Crippen LogP contribution in [-0.4, -0.2) is 11.4 Å². The Morgan fingerprint density at radius 1 is 1.17 bits per heavy atom. The lowest BCUT2D eigenvalue weighted by molar-refractivity contribution is -0.672. The minimum atomic E-state index is 0.701. The lowest BCUT2D eigenvalue weighted by Crippen LogP contribution is -2.32. The normalized spacial score (nSPS) is 10.8. The van der Waals surface area contributed by atoms with Gasteiger partial charge >= 0.3 is 0 Å². The van der Waals surface area contributed by atoms with Crippen molar-refractivity contribution in [2.24, 2.45) is 12.2 Å². The van der Waals surface area contributed by atoms with Gasteiger partial charge in [0.15, 0.2) is 6.20 Å². The molecule has 92 valence electrons. The highest BCUT2D eigenvalue weighted by Gasteiger charge is 2.07. The summed E-state index contributed by atoms with van der Waals surface area (Å²) in [5.41, 5.74) is 1.94. The molecule has 0 unspecified atom stereocenters. The zero-order valence-electron chi connectivity index (χ0n) is 10.4. The highest BCUT2D eigenvalue weighted by molar-refractivity contribution is 5.74. The van der Waals surface area contributed by atoms with E-state index in [1.54, 1.807) is 6.07 Å². The number of rotatable bonds is 3. The van der Waals surface area contributed by atoms with E-state index >= 15 is 0 Å². The Morgan fingerprint density at radius 2 is 1.89 bits per heavy atom. The molecular weight excluding hydrogens is 228 g/mol. The van der Waals surface area contributed by atoms with Gasteiger partial charge in [0.2, 0.25) is 5.69 Å². The van der Waals surface area contributed by atoms with Gasteiger partial charge in [-0.3, -0.25) is 0 Å². The monoisotopic (exact) mass is 243 g/mol. The van der Waals surface area contributed by atoms with E-state index in [0.29, 0.717) is 5.75 Å². The van der Waals surface area contributed by atoms with E-state index in [1.165, 1.54) is 11.8 Å². The number of oxime groups is 1. The first-order valence-electron chi connectivity index (χ1n) is 5.60. The van der Waals surface area contributed by atoms with Crippen molar-refractivity contribution in [3.8, 4) is 11.5 Å². The first-order valence-corrected chi connectivity index (χ1v) is 5.60. The Hall–Kier alpha value is -2.36. The van der Waals surface area contributed by atoms with Gasteiger partial charge in [0.1, 0.15) is 24.8 Å². The van der Waals surface area contributed by atoms with Gasteiger partial charge in [-0.15, -0.1) is 0 Å². The molecular formula is C14H15N2O2+. The number of aromatic nitrogens is 1. The Kier molecular flexibility index (Phi) is 3.57. The lowest BCUT2D eigenvalue weighted by Gasteiger charge is -2.05. The second-order valence-electron chi connectivity index (χ2n) is 4.06. The maximum atomic E-state index is 8.57. The number of hydrogen-bond donors (Lipinski definition) is 1. The molecule has 1 heterocycles. The quantitative estimate of drug-likeness (QED) is 0.389. The largest absolute Gasteiger partial charge is 0.457 e. The molecule has 1 N–H and O–H groups in total. The van der Waals surface area contributed by atoms with E-state index in [2.05, 4.69) is 5.16 Å². The van der Waals surface area contributed by atoms with Gasteiger partial charge in [-0.25, -0.2) is 0 Å². The van der Waals surface area contributed by atoms with Crippen molar-refractivity contribution >= 4 is 6.21 Å². The van der Waals surface area contributed by atoms with E-state index in [4.69, 9.17) is 9.94 Å². The molecule has 0 atom stereocenters. The number of ether oxygens (including phenoxy) is 1. The molecule has 0 bridgehead atoms. The third kappa shape index (κ3) is 2.85. The molecule has 2 aromatic rings. The van der Waals surface area contributed by atoms with Crippen molar-refractivity contribution in [3.05, 3.63) is 53.9 Å². The van der Waals surface area contributed by atoms with Gasteiger partial charge in [-0.05, 0) is 19.1 Å². The standard InChI is InChI=1S/C14H14N2O2/c1-11-3-5-13(6-4-11)18-14-7-8-16(2)12(9-14)10-15-17/h3-10H,1-2H3/p+1. The van der Waals surface area contributed by atoms with Crippen molar-refractivity contribution in [1.82, 2.24) is 0 Å². The van der Waals surface area contributed by atoms with Gasteiger partial charge in [-0.1, -0.05) is 22.9 Å². The van der Waals surface area contributed by atoms with Crippen LogP contribution in [0.2, 0.25) is 0 Å². The zero-order chi connectivity index (χ0) is 13.0. The summed E-state index contributed by atoms with van der Waals surface area (Å²) in [7, 11) is 1.87. The van der Waals surface area contributed by atoms with Crippen LogP contribution in [0.15, 0.2) is 47.8 Å². The Labute approximate surface area is 106 Å². The maximum absolute atomic E-state index is 8.57. The number of benzene rings is 1. The Bertz CT molecular complexity index is 563. The third-order valence-corrected chi connectivity index (χ3v) is 2.61. The molecule has 4 heteroatoms. The molecule has 0 spiro atoms. The summed E-state index contributed by atoms with van der Waals surface area (Å²) < 4.78 is 7.55. The van der Waals surface area contributed by atoms with Crippen molar-refractivity contribution in [2.45, 2.75) is 6.92 Å². The maximum Gasteiger partial charge on any atom is 0.230 e. The van der Waals surface area contributed by atoms with Crippen LogP contribution < -0.4 is 9.30 Å². The van der Waals surface area contributed by atoms with Gasteiger partial charge < -0.3 is 9.94 Å².